The van der Waals surface area contributed by atoms with Crippen LogP contribution in [-0.4, -0.2) is 56.3 Å². The van der Waals surface area contributed by atoms with Crippen molar-refractivity contribution in [2.24, 2.45) is 7.05 Å². The second kappa shape index (κ2) is 12.0. The fourth-order valence-electron chi connectivity index (χ4n) is 6.07. The van der Waals surface area contributed by atoms with Crippen LogP contribution in [-0.2, 0) is 29.3 Å². The Morgan fingerprint density at radius 3 is 2.62 bits per heavy atom. The number of benzene rings is 1. The highest BCUT2D eigenvalue weighted by Crippen LogP contribution is 2.46. The monoisotopic (exact) mass is 643 g/mol. The zero-order valence-electron chi connectivity index (χ0n) is 25.5. The number of alkyl halides is 3. The van der Waals surface area contributed by atoms with E-state index in [1.165, 1.54) is 35.4 Å². The molecule has 5 rings (SSSR count). The third-order valence-electron chi connectivity index (χ3n) is 7.95. The number of fused-ring (bicyclic) bond motifs is 1. The summed E-state index contributed by atoms with van der Waals surface area (Å²) in [5.41, 5.74) is -0.913. The number of nitriles is 1. The zero-order chi connectivity index (χ0) is 32.8. The van der Waals surface area contributed by atoms with Crippen LogP contribution in [0.1, 0.15) is 71.7 Å². The van der Waals surface area contributed by atoms with Crippen LogP contribution < -0.4 is 0 Å². The Morgan fingerprint density at radius 1 is 1.22 bits per heavy atom. The van der Waals surface area contributed by atoms with Crippen molar-refractivity contribution in [2.45, 2.75) is 70.8 Å². The number of amides is 2. The average Bonchev–Trinajstić information content (AvgIpc) is 3.67. The molecule has 0 bridgehead atoms. The van der Waals surface area contributed by atoms with Gasteiger partial charge in [-0.2, -0.15) is 23.5 Å². The van der Waals surface area contributed by atoms with Crippen molar-refractivity contribution in [1.29, 1.82) is 5.26 Å². The zero-order valence-corrected chi connectivity index (χ0v) is 26.4. The molecule has 1 fully saturated rings. The predicted octanol–water partition coefficient (Wildman–Crippen LogP) is 6.92. The van der Waals surface area contributed by atoms with E-state index in [2.05, 4.69) is 11.2 Å². The maximum absolute atomic E-state index is 15.6. The van der Waals surface area contributed by atoms with E-state index in [0.29, 0.717) is 33.8 Å². The van der Waals surface area contributed by atoms with Crippen molar-refractivity contribution in [2.75, 3.05) is 13.1 Å². The lowest BCUT2D eigenvalue weighted by Crippen LogP contribution is -2.40. The molecule has 1 saturated heterocycles. The van der Waals surface area contributed by atoms with Gasteiger partial charge in [0.15, 0.2) is 5.69 Å². The van der Waals surface area contributed by atoms with Gasteiger partial charge < -0.3 is 14.5 Å². The molecule has 8 nitrogen and oxygen atoms in total. The summed E-state index contributed by atoms with van der Waals surface area (Å²) in [7, 11) is 1.33. The highest BCUT2D eigenvalue weighted by Gasteiger charge is 2.41. The maximum atomic E-state index is 15.6. The Morgan fingerprint density at radius 2 is 1.96 bits per heavy atom. The number of hydrogen-bond donors (Lipinski definition) is 0. The van der Waals surface area contributed by atoms with E-state index in [0.717, 1.165) is 23.4 Å². The number of rotatable bonds is 4. The lowest BCUT2D eigenvalue weighted by molar-refractivity contribution is -0.141. The molecule has 0 unspecified atom stereocenters. The summed E-state index contributed by atoms with van der Waals surface area (Å²) in [4.78, 5) is 30.6. The molecule has 13 heteroatoms. The molecule has 45 heavy (non-hydrogen) atoms. The fraction of sp³-hybridized carbons (Fsp3) is 0.438. The summed E-state index contributed by atoms with van der Waals surface area (Å²) in [5, 5.41) is 13.4. The van der Waals surface area contributed by atoms with E-state index in [-0.39, 0.29) is 36.2 Å². The van der Waals surface area contributed by atoms with Crippen LogP contribution in [0.5, 0.6) is 0 Å². The van der Waals surface area contributed by atoms with Gasteiger partial charge in [0.05, 0.1) is 12.6 Å². The van der Waals surface area contributed by atoms with Gasteiger partial charge >= 0.3 is 12.3 Å². The molecule has 2 aromatic heterocycles. The van der Waals surface area contributed by atoms with Gasteiger partial charge in [-0.3, -0.25) is 9.48 Å². The number of aryl methyl sites for hydroxylation is 1. The standard InChI is InChI=1S/C32H33F4N5O3S/c1-18-24(14-37)45-25-17-40(26(42)12-11-19-8-7-13-41(19)30(43)44-31(2,3)4)16-21(27(18)25)20-9-6-10-23(33)28(20)22-15-39(5)38-29(22)32(34,35)36/h6,9-12,15,19,21H,7-8,13,16-17H2,1-5H3/b12-11+/t19-,21-/m0/s1. The molecule has 3 aromatic rings. The van der Waals surface area contributed by atoms with Gasteiger partial charge in [0.25, 0.3) is 0 Å². The SMILES string of the molecule is Cc1c(C#N)sc2c1[C@H](c1cccc(F)c1-c1cn(C)nc1C(F)(F)F)CN(C(=O)/C=C/[C@@H]1CCCN1C(=O)OC(C)(C)C)C2. The quantitative estimate of drug-likeness (QED) is 0.228. The molecule has 0 saturated carbocycles. The lowest BCUT2D eigenvalue weighted by Gasteiger charge is -2.34. The first-order valence-electron chi connectivity index (χ1n) is 14.5. The number of aromatic nitrogens is 2. The molecule has 0 spiro atoms. The first-order chi connectivity index (χ1) is 21.1. The Kier molecular flexibility index (Phi) is 8.57. The summed E-state index contributed by atoms with van der Waals surface area (Å²) in [6.07, 6.45) is 0.318. The summed E-state index contributed by atoms with van der Waals surface area (Å²) >= 11 is 1.21. The second-order valence-corrected chi connectivity index (χ2v) is 13.4. The van der Waals surface area contributed by atoms with Crippen LogP contribution in [0.4, 0.5) is 22.4 Å². The van der Waals surface area contributed by atoms with Gasteiger partial charge in [-0.15, -0.1) is 11.3 Å². The summed E-state index contributed by atoms with van der Waals surface area (Å²) in [5.74, 6) is -1.95. The topological polar surface area (TPSA) is 91.5 Å². The van der Waals surface area contributed by atoms with E-state index in [1.807, 2.05) is 0 Å². The van der Waals surface area contributed by atoms with Crippen LogP contribution in [0.2, 0.25) is 0 Å². The van der Waals surface area contributed by atoms with E-state index >= 15 is 4.39 Å². The third-order valence-corrected chi connectivity index (χ3v) is 9.14. The largest absolute Gasteiger partial charge is 0.444 e. The van der Waals surface area contributed by atoms with Gasteiger partial charge in [0.1, 0.15) is 22.4 Å². The first kappa shape index (κ1) is 32.2. The molecule has 0 aliphatic carbocycles. The van der Waals surface area contributed by atoms with E-state index in [1.54, 1.807) is 44.7 Å². The van der Waals surface area contributed by atoms with Gasteiger partial charge in [0.2, 0.25) is 5.91 Å². The highest BCUT2D eigenvalue weighted by atomic mass is 32.1. The molecule has 0 radical (unpaired) electrons. The number of nitrogens with zero attached hydrogens (tertiary/aromatic N) is 5. The number of carbonyl (C=O) groups is 2. The summed E-state index contributed by atoms with van der Waals surface area (Å²) in [6.45, 7) is 7.81. The van der Waals surface area contributed by atoms with Crippen LogP contribution in [0.25, 0.3) is 11.1 Å². The van der Waals surface area contributed by atoms with E-state index in [4.69, 9.17) is 4.74 Å². The minimum absolute atomic E-state index is 0.0388. The molecular weight excluding hydrogens is 610 g/mol. The minimum atomic E-state index is -4.83. The first-order valence-corrected chi connectivity index (χ1v) is 15.3. The van der Waals surface area contributed by atoms with Gasteiger partial charge in [0, 0.05) is 54.3 Å². The Labute approximate surface area is 262 Å². The van der Waals surface area contributed by atoms with Crippen molar-refractivity contribution in [3.8, 4) is 17.2 Å². The number of thiophene rings is 1. The normalized spacial score (nSPS) is 18.8. The van der Waals surface area contributed by atoms with Gasteiger partial charge in [-0.1, -0.05) is 18.2 Å². The van der Waals surface area contributed by atoms with Crippen LogP contribution in [0.15, 0.2) is 36.5 Å². The molecule has 4 heterocycles. The summed E-state index contributed by atoms with van der Waals surface area (Å²) < 4.78 is 64.1. The van der Waals surface area contributed by atoms with Crippen LogP contribution in [0, 0.1) is 24.1 Å². The van der Waals surface area contributed by atoms with Gasteiger partial charge in [-0.25, -0.2) is 9.18 Å². The van der Waals surface area contributed by atoms with Crippen LogP contribution >= 0.6 is 11.3 Å². The van der Waals surface area contributed by atoms with E-state index < -0.39 is 40.9 Å². The lowest BCUT2D eigenvalue weighted by atomic mass is 9.81. The number of hydrogen-bond acceptors (Lipinski definition) is 6. The molecule has 2 aliphatic heterocycles. The molecule has 2 aliphatic rings. The molecule has 0 N–H and O–H groups in total. The van der Waals surface area contributed by atoms with Gasteiger partial charge in [-0.05, 0) is 63.3 Å². The maximum Gasteiger partial charge on any atom is 0.435 e. The number of carbonyl (C=O) groups excluding carboxylic acids is 2. The third kappa shape index (κ3) is 6.47. The Bertz CT molecular complexity index is 1710. The van der Waals surface area contributed by atoms with Crippen molar-refractivity contribution in [3.05, 3.63) is 74.5 Å². The number of likely N-dealkylation sites (tertiary alicyclic amines) is 1. The predicted molar refractivity (Wildman–Crippen MR) is 160 cm³/mol. The fourth-order valence-corrected chi connectivity index (χ4v) is 7.25. The Balaban J connectivity index is 1.52. The highest BCUT2D eigenvalue weighted by molar-refractivity contribution is 7.12. The van der Waals surface area contributed by atoms with Crippen molar-refractivity contribution < 1.29 is 31.9 Å². The Hall–Kier alpha value is -4.18. The molecule has 2 atom stereocenters. The second-order valence-electron chi connectivity index (χ2n) is 12.3. The number of halogens is 4. The van der Waals surface area contributed by atoms with Crippen LogP contribution in [0.3, 0.4) is 0 Å². The van der Waals surface area contributed by atoms with Crippen molar-refractivity contribution in [1.82, 2.24) is 19.6 Å². The minimum Gasteiger partial charge on any atom is -0.444 e. The smallest absolute Gasteiger partial charge is 0.435 e. The molecule has 238 valence electrons. The molecule has 1 aromatic carbocycles. The van der Waals surface area contributed by atoms with Crippen molar-refractivity contribution in [3.63, 3.8) is 0 Å². The molecule has 2 amide bonds. The number of ether oxygens (including phenoxy) is 1. The van der Waals surface area contributed by atoms with E-state index in [9.17, 15) is 28.0 Å². The average molecular weight is 644 g/mol. The van der Waals surface area contributed by atoms with Crippen molar-refractivity contribution >= 4 is 23.3 Å². The molecular formula is C32H33F4N5O3S. The summed E-state index contributed by atoms with van der Waals surface area (Å²) in [6, 6.07) is 5.91.